The van der Waals surface area contributed by atoms with Crippen molar-refractivity contribution in [3.8, 4) is 0 Å². The lowest BCUT2D eigenvalue weighted by molar-refractivity contribution is 0.0973. The van der Waals surface area contributed by atoms with Crippen molar-refractivity contribution in [2.45, 2.75) is 66.4 Å². The van der Waals surface area contributed by atoms with Crippen LogP contribution in [0.5, 0.6) is 0 Å². The van der Waals surface area contributed by atoms with Crippen molar-refractivity contribution in [3.05, 3.63) is 0 Å². The normalized spacial score (nSPS) is 38.6. The van der Waals surface area contributed by atoms with Gasteiger partial charge in [-0.2, -0.15) is 0 Å². The molecule has 1 nitrogen and oxygen atoms in total. The van der Waals surface area contributed by atoms with E-state index in [1.807, 2.05) is 6.92 Å². The molecule has 1 rings (SSSR count). The molecule has 0 aliphatic heterocycles. The summed E-state index contributed by atoms with van der Waals surface area (Å²) in [5.41, 5.74) is 0.508. The molecule has 1 aliphatic carbocycles. The molecule has 1 fully saturated rings. The zero-order valence-corrected chi connectivity index (χ0v) is 11.1. The Labute approximate surface area is 95.3 Å². The van der Waals surface area contributed by atoms with Gasteiger partial charge in [-0.25, -0.2) is 0 Å². The summed E-state index contributed by atoms with van der Waals surface area (Å²) < 4.78 is 0. The second-order valence-electron chi connectivity index (χ2n) is 6.21. The van der Waals surface area contributed by atoms with Crippen LogP contribution < -0.4 is 0 Å². The SMILES string of the molecule is CC(O)CCC1C(C)CCC1(C)C(C)C. The Kier molecular flexibility index (Phi) is 4.22. The minimum absolute atomic E-state index is 0.130. The number of hydrogen-bond acceptors (Lipinski definition) is 1. The molecular weight excluding hydrogens is 184 g/mol. The fourth-order valence-corrected chi connectivity index (χ4v) is 3.33. The smallest absolute Gasteiger partial charge is 0.0512 e. The molecule has 1 aliphatic rings. The van der Waals surface area contributed by atoms with Crippen LogP contribution in [0.1, 0.15) is 60.3 Å². The Bertz CT molecular complexity index is 198. The molecule has 4 atom stereocenters. The lowest BCUT2D eigenvalue weighted by Gasteiger charge is -2.37. The highest BCUT2D eigenvalue weighted by molar-refractivity contribution is 4.94. The molecule has 0 aromatic heterocycles. The van der Waals surface area contributed by atoms with Crippen LogP contribution in [0.25, 0.3) is 0 Å². The van der Waals surface area contributed by atoms with Gasteiger partial charge >= 0.3 is 0 Å². The van der Waals surface area contributed by atoms with Crippen LogP contribution in [-0.2, 0) is 0 Å². The van der Waals surface area contributed by atoms with Gasteiger partial charge in [0.2, 0.25) is 0 Å². The fourth-order valence-electron chi connectivity index (χ4n) is 3.33. The fraction of sp³-hybridized carbons (Fsp3) is 1.00. The maximum absolute atomic E-state index is 9.41. The first kappa shape index (κ1) is 13.0. The van der Waals surface area contributed by atoms with Crippen molar-refractivity contribution in [2.24, 2.45) is 23.2 Å². The van der Waals surface area contributed by atoms with E-state index in [9.17, 15) is 5.11 Å². The highest BCUT2D eigenvalue weighted by Crippen LogP contribution is 2.53. The van der Waals surface area contributed by atoms with Crippen LogP contribution in [0, 0.1) is 23.2 Å². The molecule has 1 heteroatoms. The first-order chi connectivity index (χ1) is 6.88. The minimum Gasteiger partial charge on any atom is -0.393 e. The monoisotopic (exact) mass is 212 g/mol. The highest BCUT2D eigenvalue weighted by atomic mass is 16.3. The van der Waals surface area contributed by atoms with Gasteiger partial charge in [0.25, 0.3) is 0 Å². The van der Waals surface area contributed by atoms with E-state index < -0.39 is 0 Å². The molecular formula is C14H28O. The molecule has 15 heavy (non-hydrogen) atoms. The molecule has 90 valence electrons. The van der Waals surface area contributed by atoms with Gasteiger partial charge < -0.3 is 5.11 Å². The van der Waals surface area contributed by atoms with Crippen molar-refractivity contribution < 1.29 is 5.11 Å². The molecule has 1 saturated carbocycles. The third-order valence-electron chi connectivity index (χ3n) is 4.89. The summed E-state index contributed by atoms with van der Waals surface area (Å²) in [4.78, 5) is 0. The Hall–Kier alpha value is -0.0400. The standard InChI is InChI=1S/C14H28O/c1-10(2)14(5)9-8-11(3)13(14)7-6-12(4)15/h10-13,15H,6-9H2,1-5H3. The average Bonchev–Trinajstić information content (AvgIpc) is 2.41. The van der Waals surface area contributed by atoms with Gasteiger partial charge in [-0.3, -0.25) is 0 Å². The van der Waals surface area contributed by atoms with Gasteiger partial charge in [0, 0.05) is 0 Å². The van der Waals surface area contributed by atoms with Gasteiger partial charge in [-0.1, -0.05) is 27.7 Å². The number of aliphatic hydroxyl groups is 1. The van der Waals surface area contributed by atoms with Crippen molar-refractivity contribution >= 4 is 0 Å². The summed E-state index contributed by atoms with van der Waals surface area (Å²) in [6.07, 6.45) is 4.79. The molecule has 0 amide bonds. The van der Waals surface area contributed by atoms with Crippen molar-refractivity contribution in [1.29, 1.82) is 0 Å². The quantitative estimate of drug-likeness (QED) is 0.750. The van der Waals surface area contributed by atoms with Gasteiger partial charge in [0.1, 0.15) is 0 Å². The van der Waals surface area contributed by atoms with E-state index in [2.05, 4.69) is 27.7 Å². The second-order valence-corrected chi connectivity index (χ2v) is 6.21. The van der Waals surface area contributed by atoms with Gasteiger partial charge in [0.05, 0.1) is 6.10 Å². The molecule has 4 unspecified atom stereocenters. The zero-order valence-electron chi connectivity index (χ0n) is 11.1. The Morgan fingerprint density at radius 3 is 2.40 bits per heavy atom. The van der Waals surface area contributed by atoms with Gasteiger partial charge in [-0.05, 0) is 55.8 Å². The van der Waals surface area contributed by atoms with E-state index in [4.69, 9.17) is 0 Å². The van der Waals surface area contributed by atoms with Crippen LogP contribution in [0.4, 0.5) is 0 Å². The summed E-state index contributed by atoms with van der Waals surface area (Å²) >= 11 is 0. The van der Waals surface area contributed by atoms with Crippen molar-refractivity contribution in [1.82, 2.24) is 0 Å². The van der Waals surface area contributed by atoms with E-state index in [0.29, 0.717) is 5.41 Å². The minimum atomic E-state index is -0.130. The highest BCUT2D eigenvalue weighted by Gasteiger charge is 2.44. The third kappa shape index (κ3) is 2.75. The van der Waals surface area contributed by atoms with Crippen LogP contribution >= 0.6 is 0 Å². The second kappa shape index (κ2) is 4.86. The van der Waals surface area contributed by atoms with Crippen molar-refractivity contribution in [2.75, 3.05) is 0 Å². The lowest BCUT2D eigenvalue weighted by atomic mass is 9.68. The molecule has 0 radical (unpaired) electrons. The van der Waals surface area contributed by atoms with E-state index >= 15 is 0 Å². The van der Waals surface area contributed by atoms with Gasteiger partial charge in [-0.15, -0.1) is 0 Å². The predicted molar refractivity (Wildman–Crippen MR) is 65.7 cm³/mol. The third-order valence-corrected chi connectivity index (χ3v) is 4.89. The molecule has 0 heterocycles. The Morgan fingerprint density at radius 1 is 1.33 bits per heavy atom. The van der Waals surface area contributed by atoms with Crippen LogP contribution in [0.2, 0.25) is 0 Å². The molecule has 1 N–H and O–H groups in total. The van der Waals surface area contributed by atoms with E-state index in [1.165, 1.54) is 19.3 Å². The van der Waals surface area contributed by atoms with Crippen LogP contribution in [-0.4, -0.2) is 11.2 Å². The van der Waals surface area contributed by atoms with E-state index in [1.54, 1.807) is 0 Å². The van der Waals surface area contributed by atoms with Crippen molar-refractivity contribution in [3.63, 3.8) is 0 Å². The molecule has 0 bridgehead atoms. The Balaban J connectivity index is 2.64. The topological polar surface area (TPSA) is 20.2 Å². The first-order valence-electron chi connectivity index (χ1n) is 6.56. The lowest BCUT2D eigenvalue weighted by Crippen LogP contribution is -2.30. The van der Waals surface area contributed by atoms with E-state index in [0.717, 1.165) is 24.2 Å². The molecule has 0 spiro atoms. The van der Waals surface area contributed by atoms with Crippen LogP contribution in [0.15, 0.2) is 0 Å². The number of rotatable bonds is 4. The first-order valence-corrected chi connectivity index (χ1v) is 6.56. The summed E-state index contributed by atoms with van der Waals surface area (Å²) in [5.74, 6) is 2.42. The maximum Gasteiger partial charge on any atom is 0.0512 e. The number of hydrogen-bond donors (Lipinski definition) is 1. The zero-order chi connectivity index (χ0) is 11.6. The number of aliphatic hydroxyl groups excluding tert-OH is 1. The predicted octanol–water partition coefficient (Wildman–Crippen LogP) is 3.86. The molecule has 0 saturated heterocycles. The molecule has 0 aromatic carbocycles. The van der Waals surface area contributed by atoms with Gasteiger partial charge in [0.15, 0.2) is 0 Å². The van der Waals surface area contributed by atoms with Crippen LogP contribution in [0.3, 0.4) is 0 Å². The largest absolute Gasteiger partial charge is 0.393 e. The molecule has 0 aromatic rings. The summed E-state index contributed by atoms with van der Waals surface area (Å²) in [7, 11) is 0. The average molecular weight is 212 g/mol. The summed E-state index contributed by atoms with van der Waals surface area (Å²) in [6, 6.07) is 0. The Morgan fingerprint density at radius 2 is 1.93 bits per heavy atom. The summed E-state index contributed by atoms with van der Waals surface area (Å²) in [5, 5.41) is 9.41. The van der Waals surface area contributed by atoms with E-state index in [-0.39, 0.29) is 6.10 Å². The summed E-state index contributed by atoms with van der Waals surface area (Å²) in [6.45, 7) is 11.5. The maximum atomic E-state index is 9.41.